The first-order valence-corrected chi connectivity index (χ1v) is 15.9. The van der Waals surface area contributed by atoms with Gasteiger partial charge in [-0.15, -0.1) is 0 Å². The monoisotopic (exact) mass is 620 g/mol. The SMILES string of the molecule is O=C(CCCCCCCC(=O)C1=C(c2ccccc2)C(=O)c2ccccc2C1=O)C1=C(c2ccccc2)C(=O)c2ccccc2C1=O. The number of carbonyl (C=O) groups is 6. The van der Waals surface area contributed by atoms with E-state index in [1.165, 1.54) is 0 Å². The Balaban J connectivity index is 1.08. The van der Waals surface area contributed by atoms with Crippen molar-refractivity contribution in [1.82, 2.24) is 0 Å². The number of hydrogen-bond donors (Lipinski definition) is 0. The molecule has 6 heteroatoms. The molecule has 0 amide bonds. The van der Waals surface area contributed by atoms with Crippen LogP contribution in [0.25, 0.3) is 11.1 Å². The lowest BCUT2D eigenvalue weighted by Gasteiger charge is -2.21. The second-order valence-corrected chi connectivity index (χ2v) is 11.8. The lowest BCUT2D eigenvalue weighted by Crippen LogP contribution is -2.26. The highest BCUT2D eigenvalue weighted by molar-refractivity contribution is 6.48. The van der Waals surface area contributed by atoms with Crippen LogP contribution in [0.5, 0.6) is 0 Å². The molecule has 4 aromatic rings. The van der Waals surface area contributed by atoms with Gasteiger partial charge in [-0.05, 0) is 24.0 Å². The molecule has 6 nitrogen and oxygen atoms in total. The van der Waals surface area contributed by atoms with Crippen LogP contribution in [0.4, 0.5) is 0 Å². The summed E-state index contributed by atoms with van der Waals surface area (Å²) in [5, 5.41) is 0. The summed E-state index contributed by atoms with van der Waals surface area (Å²) in [5.41, 5.74) is 2.38. The quantitative estimate of drug-likeness (QED) is 0.118. The van der Waals surface area contributed by atoms with E-state index in [1.807, 2.05) is 12.1 Å². The molecule has 0 spiro atoms. The molecule has 2 aliphatic rings. The smallest absolute Gasteiger partial charge is 0.198 e. The molecule has 0 saturated carbocycles. The van der Waals surface area contributed by atoms with Gasteiger partial charge in [0.05, 0.1) is 11.1 Å². The maximum absolute atomic E-state index is 13.5. The van der Waals surface area contributed by atoms with Crippen molar-refractivity contribution < 1.29 is 28.8 Å². The highest BCUT2D eigenvalue weighted by Gasteiger charge is 2.37. The summed E-state index contributed by atoms with van der Waals surface area (Å²) < 4.78 is 0. The van der Waals surface area contributed by atoms with E-state index in [0.717, 1.165) is 6.42 Å². The van der Waals surface area contributed by atoms with Gasteiger partial charge in [0.1, 0.15) is 0 Å². The molecule has 0 aromatic heterocycles. The van der Waals surface area contributed by atoms with Gasteiger partial charge in [0.15, 0.2) is 34.7 Å². The summed E-state index contributed by atoms with van der Waals surface area (Å²) in [6.07, 6.45) is 3.40. The molecular formula is C41H32O6. The normalized spacial score (nSPS) is 14.3. The van der Waals surface area contributed by atoms with Crippen molar-refractivity contribution in [1.29, 1.82) is 0 Å². The molecular weight excluding hydrogens is 588 g/mol. The van der Waals surface area contributed by atoms with E-state index in [0.29, 0.717) is 47.9 Å². The standard InChI is InChI=1S/C41H32O6/c42-32(36-34(26-16-6-4-7-17-26)38(44)28-20-12-14-22-30(28)40(36)46)24-10-2-1-3-11-25-33(43)37-35(27-18-8-5-9-19-27)39(45)29-21-13-15-23-31(29)41(37)47/h4-9,12-23H,1-3,10-11,24-25H2. The van der Waals surface area contributed by atoms with Crippen molar-refractivity contribution in [2.24, 2.45) is 0 Å². The van der Waals surface area contributed by atoms with Gasteiger partial charge in [0.2, 0.25) is 0 Å². The highest BCUT2D eigenvalue weighted by Crippen LogP contribution is 2.35. The molecule has 0 radical (unpaired) electrons. The van der Waals surface area contributed by atoms with Crippen LogP contribution in [0, 0.1) is 0 Å². The summed E-state index contributed by atoms with van der Waals surface area (Å²) in [5.74, 6) is -2.21. The summed E-state index contributed by atoms with van der Waals surface area (Å²) in [4.78, 5) is 80.8. The number of ketones is 6. The number of carbonyl (C=O) groups excluding carboxylic acids is 6. The van der Waals surface area contributed by atoms with Crippen molar-refractivity contribution in [3.63, 3.8) is 0 Å². The van der Waals surface area contributed by atoms with Crippen molar-refractivity contribution in [2.75, 3.05) is 0 Å². The van der Waals surface area contributed by atoms with Crippen LogP contribution in [-0.2, 0) is 9.59 Å². The van der Waals surface area contributed by atoms with Crippen LogP contribution in [0.1, 0.15) is 97.5 Å². The van der Waals surface area contributed by atoms with Crippen molar-refractivity contribution in [3.05, 3.63) is 154 Å². The van der Waals surface area contributed by atoms with E-state index < -0.39 is 11.6 Å². The van der Waals surface area contributed by atoms with Gasteiger partial charge in [0.25, 0.3) is 0 Å². The van der Waals surface area contributed by atoms with Crippen LogP contribution in [0.2, 0.25) is 0 Å². The minimum Gasteiger partial charge on any atom is -0.294 e. The second kappa shape index (κ2) is 13.8. The van der Waals surface area contributed by atoms with Gasteiger partial charge >= 0.3 is 0 Å². The van der Waals surface area contributed by atoms with E-state index in [2.05, 4.69) is 0 Å². The zero-order valence-electron chi connectivity index (χ0n) is 25.8. The molecule has 6 rings (SSSR count). The molecule has 4 aromatic carbocycles. The molecule has 47 heavy (non-hydrogen) atoms. The van der Waals surface area contributed by atoms with Gasteiger partial charge in [-0.25, -0.2) is 0 Å². The first-order valence-electron chi connectivity index (χ1n) is 15.9. The van der Waals surface area contributed by atoms with E-state index >= 15 is 0 Å². The molecule has 0 bridgehead atoms. The first kappa shape index (κ1) is 31.4. The third-order valence-electron chi connectivity index (χ3n) is 8.73. The summed E-state index contributed by atoms with van der Waals surface area (Å²) >= 11 is 0. The summed E-state index contributed by atoms with van der Waals surface area (Å²) in [7, 11) is 0. The molecule has 0 saturated heterocycles. The maximum atomic E-state index is 13.5. The highest BCUT2D eigenvalue weighted by atomic mass is 16.2. The number of hydrogen-bond acceptors (Lipinski definition) is 6. The van der Waals surface area contributed by atoms with Crippen molar-refractivity contribution in [2.45, 2.75) is 44.9 Å². The zero-order chi connectivity index (χ0) is 32.9. The predicted molar refractivity (Wildman–Crippen MR) is 179 cm³/mol. The predicted octanol–water partition coefficient (Wildman–Crippen LogP) is 7.92. The Morgan fingerprint density at radius 3 is 1.02 bits per heavy atom. The first-order chi connectivity index (χ1) is 22.9. The molecule has 0 heterocycles. The van der Waals surface area contributed by atoms with Crippen LogP contribution in [0.15, 0.2) is 120 Å². The Labute approximate surface area is 272 Å². The summed E-state index contributed by atoms with van der Waals surface area (Å²) in [6, 6.07) is 30.8. The van der Waals surface area contributed by atoms with Crippen molar-refractivity contribution in [3.8, 4) is 0 Å². The number of Topliss-reactive ketones (excluding diaryl/α,β-unsaturated/α-hetero) is 6. The summed E-state index contributed by atoms with van der Waals surface area (Å²) in [6.45, 7) is 0. The maximum Gasteiger partial charge on any atom is 0.198 e. The largest absolute Gasteiger partial charge is 0.294 e. The topological polar surface area (TPSA) is 102 Å². The van der Waals surface area contributed by atoms with Crippen LogP contribution in [0.3, 0.4) is 0 Å². The lowest BCUT2D eigenvalue weighted by molar-refractivity contribution is -0.116. The molecule has 0 atom stereocenters. The van der Waals surface area contributed by atoms with E-state index in [4.69, 9.17) is 0 Å². The Morgan fingerprint density at radius 1 is 0.362 bits per heavy atom. The average molecular weight is 621 g/mol. The molecule has 0 fully saturated rings. The third-order valence-corrected chi connectivity index (χ3v) is 8.73. The molecule has 232 valence electrons. The van der Waals surface area contributed by atoms with Gasteiger partial charge in [0, 0.05) is 46.2 Å². The fourth-order valence-corrected chi connectivity index (χ4v) is 6.40. The van der Waals surface area contributed by atoms with Gasteiger partial charge in [-0.1, -0.05) is 128 Å². The van der Waals surface area contributed by atoms with E-state index in [1.54, 1.807) is 97.1 Å². The van der Waals surface area contributed by atoms with Gasteiger partial charge in [-0.2, -0.15) is 0 Å². The van der Waals surface area contributed by atoms with Crippen molar-refractivity contribution >= 4 is 45.8 Å². The lowest BCUT2D eigenvalue weighted by atomic mass is 9.79. The fourth-order valence-electron chi connectivity index (χ4n) is 6.40. The van der Waals surface area contributed by atoms with Crippen LogP contribution >= 0.6 is 0 Å². The minimum absolute atomic E-state index is 0.0544. The Hall–Kier alpha value is -5.62. The number of allylic oxidation sites excluding steroid dienone is 4. The molecule has 2 aliphatic carbocycles. The third kappa shape index (κ3) is 6.15. The van der Waals surface area contributed by atoms with E-state index in [-0.39, 0.29) is 69.4 Å². The Kier molecular flexibility index (Phi) is 9.20. The number of rotatable bonds is 12. The Morgan fingerprint density at radius 2 is 0.660 bits per heavy atom. The zero-order valence-corrected chi connectivity index (χ0v) is 25.8. The fraction of sp³-hybridized carbons (Fsp3) is 0.171. The number of unbranched alkanes of at least 4 members (excludes halogenated alkanes) is 4. The Bertz CT molecular complexity index is 1850. The minimum atomic E-state index is -0.426. The van der Waals surface area contributed by atoms with Crippen LogP contribution < -0.4 is 0 Å². The molecule has 0 N–H and O–H groups in total. The van der Waals surface area contributed by atoms with Gasteiger partial charge < -0.3 is 0 Å². The average Bonchev–Trinajstić information content (AvgIpc) is 3.11. The van der Waals surface area contributed by atoms with E-state index in [9.17, 15) is 28.8 Å². The van der Waals surface area contributed by atoms with Gasteiger partial charge in [-0.3, -0.25) is 28.8 Å². The van der Waals surface area contributed by atoms with Crippen LogP contribution in [-0.4, -0.2) is 34.7 Å². The number of benzene rings is 4. The second-order valence-electron chi connectivity index (χ2n) is 11.8. The molecule has 0 aliphatic heterocycles. The number of fused-ring (bicyclic) bond motifs is 2. The molecule has 0 unspecified atom stereocenters.